The molecule has 0 saturated heterocycles. The number of rotatable bonds is 10. The van der Waals surface area contributed by atoms with E-state index in [0.29, 0.717) is 28.9 Å². The van der Waals surface area contributed by atoms with E-state index in [-0.39, 0.29) is 12.5 Å². The number of hydrogen-bond donors (Lipinski definition) is 1. The highest BCUT2D eigenvalue weighted by molar-refractivity contribution is 6.30. The van der Waals surface area contributed by atoms with Gasteiger partial charge in [-0.25, -0.2) is 5.43 Å². The summed E-state index contributed by atoms with van der Waals surface area (Å²) in [5, 5.41) is 4.67. The van der Waals surface area contributed by atoms with Crippen LogP contribution in [0.15, 0.2) is 71.8 Å². The Kier molecular flexibility index (Phi) is 8.52. The number of aryl methyl sites for hydroxylation is 1. The molecule has 3 aromatic rings. The lowest BCUT2D eigenvalue weighted by Gasteiger charge is -2.11. The molecule has 1 amide bonds. The molecule has 0 aromatic heterocycles. The summed E-state index contributed by atoms with van der Waals surface area (Å²) in [4.78, 5) is 12.0. The van der Waals surface area contributed by atoms with Crippen molar-refractivity contribution in [2.45, 2.75) is 20.0 Å². The molecule has 0 radical (unpaired) electrons. The summed E-state index contributed by atoms with van der Waals surface area (Å²) in [6.45, 7) is 2.31. The van der Waals surface area contributed by atoms with Gasteiger partial charge in [-0.05, 0) is 59.5 Å². The number of halogens is 1. The van der Waals surface area contributed by atoms with Crippen LogP contribution in [0.3, 0.4) is 0 Å². The van der Waals surface area contributed by atoms with Gasteiger partial charge >= 0.3 is 0 Å². The zero-order chi connectivity index (χ0) is 22.8. The van der Waals surface area contributed by atoms with Gasteiger partial charge in [-0.2, -0.15) is 5.10 Å². The smallest absolute Gasteiger partial charge is 0.277 e. The van der Waals surface area contributed by atoms with Crippen LogP contribution >= 0.6 is 11.6 Å². The molecule has 6 nitrogen and oxygen atoms in total. The lowest BCUT2D eigenvalue weighted by atomic mass is 10.1. The second-order valence-electron chi connectivity index (χ2n) is 6.87. The molecule has 0 spiro atoms. The Balaban J connectivity index is 1.52. The Morgan fingerprint density at radius 1 is 1.00 bits per heavy atom. The molecule has 0 aliphatic heterocycles. The number of para-hydroxylation sites is 1. The molecule has 0 atom stereocenters. The predicted octanol–water partition coefficient (Wildman–Crippen LogP) is 5.02. The Morgan fingerprint density at radius 2 is 1.78 bits per heavy atom. The van der Waals surface area contributed by atoms with E-state index >= 15 is 0 Å². The van der Waals surface area contributed by atoms with Crippen LogP contribution in [0.1, 0.15) is 23.6 Å². The highest BCUT2D eigenvalue weighted by Crippen LogP contribution is 2.28. The third-order valence-corrected chi connectivity index (χ3v) is 4.86. The molecule has 0 fully saturated rings. The first-order valence-electron chi connectivity index (χ1n) is 10.2. The monoisotopic (exact) mass is 452 g/mol. The molecular weight excluding hydrogens is 428 g/mol. The van der Waals surface area contributed by atoms with Gasteiger partial charge in [0.25, 0.3) is 5.91 Å². The molecule has 32 heavy (non-hydrogen) atoms. The van der Waals surface area contributed by atoms with Gasteiger partial charge in [-0.3, -0.25) is 4.79 Å². The molecule has 0 aliphatic carbocycles. The lowest BCUT2D eigenvalue weighted by molar-refractivity contribution is -0.123. The van der Waals surface area contributed by atoms with E-state index in [0.717, 1.165) is 23.1 Å². The van der Waals surface area contributed by atoms with E-state index in [1.54, 1.807) is 19.2 Å². The minimum atomic E-state index is -0.345. The fraction of sp³-hybridized carbons (Fsp3) is 0.200. The standard InChI is InChI=1S/C25H25ClN2O4/c1-3-20-6-4-5-7-22(20)32-17-25(29)28-27-15-19-10-13-23(24(14-19)30-2)31-16-18-8-11-21(26)12-9-18/h4-15H,3,16-17H2,1-2H3,(H,28,29)/b27-15+. The van der Waals surface area contributed by atoms with Gasteiger partial charge in [-0.15, -0.1) is 0 Å². The Bertz CT molecular complexity index is 1070. The lowest BCUT2D eigenvalue weighted by Crippen LogP contribution is -2.24. The summed E-state index contributed by atoms with van der Waals surface area (Å²) < 4.78 is 16.8. The number of ether oxygens (including phenoxy) is 3. The van der Waals surface area contributed by atoms with Crippen molar-refractivity contribution in [3.8, 4) is 17.2 Å². The van der Waals surface area contributed by atoms with Crippen molar-refractivity contribution in [2.75, 3.05) is 13.7 Å². The van der Waals surface area contributed by atoms with E-state index in [2.05, 4.69) is 10.5 Å². The van der Waals surface area contributed by atoms with E-state index in [4.69, 9.17) is 25.8 Å². The van der Waals surface area contributed by atoms with Gasteiger partial charge in [0.2, 0.25) is 0 Å². The second-order valence-corrected chi connectivity index (χ2v) is 7.31. The SMILES string of the molecule is CCc1ccccc1OCC(=O)N/N=C/c1ccc(OCc2ccc(Cl)cc2)c(OC)c1. The van der Waals surface area contributed by atoms with E-state index in [9.17, 15) is 4.79 Å². The normalized spacial score (nSPS) is 10.7. The molecule has 1 N–H and O–H groups in total. The maximum absolute atomic E-state index is 12.0. The van der Waals surface area contributed by atoms with Crippen molar-refractivity contribution in [3.05, 3.63) is 88.4 Å². The first kappa shape index (κ1) is 23.2. The van der Waals surface area contributed by atoms with Crippen LogP contribution in [0.2, 0.25) is 5.02 Å². The Labute approximate surface area is 192 Å². The minimum Gasteiger partial charge on any atom is -0.493 e. The second kappa shape index (κ2) is 11.8. The molecule has 0 saturated carbocycles. The van der Waals surface area contributed by atoms with E-state index in [1.807, 2.05) is 61.5 Å². The molecule has 0 heterocycles. The zero-order valence-corrected chi connectivity index (χ0v) is 18.8. The van der Waals surface area contributed by atoms with Crippen LogP contribution in [-0.2, 0) is 17.8 Å². The van der Waals surface area contributed by atoms with Crippen LogP contribution in [0.4, 0.5) is 0 Å². The minimum absolute atomic E-state index is 0.116. The average molecular weight is 453 g/mol. The summed E-state index contributed by atoms with van der Waals surface area (Å²) >= 11 is 5.91. The highest BCUT2D eigenvalue weighted by atomic mass is 35.5. The zero-order valence-electron chi connectivity index (χ0n) is 18.0. The number of carbonyl (C=O) groups excluding carboxylic acids is 1. The number of carbonyl (C=O) groups is 1. The van der Waals surface area contributed by atoms with Gasteiger partial charge in [0.05, 0.1) is 13.3 Å². The number of amides is 1. The van der Waals surface area contributed by atoms with Crippen molar-refractivity contribution < 1.29 is 19.0 Å². The molecule has 3 aromatic carbocycles. The van der Waals surface area contributed by atoms with Crippen LogP contribution in [0.5, 0.6) is 17.2 Å². The fourth-order valence-electron chi connectivity index (χ4n) is 2.92. The summed E-state index contributed by atoms with van der Waals surface area (Å²) in [6, 6.07) is 20.5. The summed E-state index contributed by atoms with van der Waals surface area (Å²) in [7, 11) is 1.57. The van der Waals surface area contributed by atoms with Crippen LogP contribution in [-0.4, -0.2) is 25.8 Å². The number of hydrazone groups is 1. The first-order valence-corrected chi connectivity index (χ1v) is 10.5. The van der Waals surface area contributed by atoms with Crippen LogP contribution < -0.4 is 19.6 Å². The number of hydrogen-bond acceptors (Lipinski definition) is 5. The van der Waals surface area contributed by atoms with E-state index in [1.165, 1.54) is 6.21 Å². The van der Waals surface area contributed by atoms with Gasteiger partial charge in [0, 0.05) is 5.02 Å². The summed E-state index contributed by atoms with van der Waals surface area (Å²) in [5.41, 5.74) is 5.26. The first-order chi connectivity index (χ1) is 15.6. The quantitative estimate of drug-likeness (QED) is 0.346. The topological polar surface area (TPSA) is 69.2 Å². The van der Waals surface area contributed by atoms with E-state index < -0.39 is 0 Å². The molecule has 166 valence electrons. The van der Waals surface area contributed by atoms with Crippen molar-refractivity contribution in [2.24, 2.45) is 5.10 Å². The Hall–Kier alpha value is -3.51. The number of nitrogens with one attached hydrogen (secondary N) is 1. The van der Waals surface area contributed by atoms with Crippen molar-refractivity contribution in [1.82, 2.24) is 5.43 Å². The molecule has 0 aliphatic rings. The van der Waals surface area contributed by atoms with Crippen molar-refractivity contribution in [1.29, 1.82) is 0 Å². The van der Waals surface area contributed by atoms with Crippen molar-refractivity contribution in [3.63, 3.8) is 0 Å². The Morgan fingerprint density at radius 3 is 2.53 bits per heavy atom. The van der Waals surface area contributed by atoms with Gasteiger partial charge in [-0.1, -0.05) is 48.9 Å². The summed E-state index contributed by atoms with van der Waals surface area (Å²) in [6.07, 6.45) is 2.36. The average Bonchev–Trinajstić information content (AvgIpc) is 2.83. The largest absolute Gasteiger partial charge is 0.493 e. The number of methoxy groups -OCH3 is 1. The molecule has 3 rings (SSSR count). The van der Waals surface area contributed by atoms with Gasteiger partial charge in [0.1, 0.15) is 12.4 Å². The molecule has 0 bridgehead atoms. The fourth-order valence-corrected chi connectivity index (χ4v) is 3.04. The van der Waals surface area contributed by atoms with Crippen LogP contribution in [0, 0.1) is 0 Å². The third-order valence-electron chi connectivity index (χ3n) is 4.61. The molecule has 7 heteroatoms. The van der Waals surface area contributed by atoms with Crippen molar-refractivity contribution >= 4 is 23.7 Å². The van der Waals surface area contributed by atoms with Crippen LogP contribution in [0.25, 0.3) is 0 Å². The molecular formula is C25H25ClN2O4. The maximum Gasteiger partial charge on any atom is 0.277 e. The predicted molar refractivity (Wildman–Crippen MR) is 126 cm³/mol. The highest BCUT2D eigenvalue weighted by Gasteiger charge is 2.07. The molecule has 0 unspecified atom stereocenters. The van der Waals surface area contributed by atoms with Gasteiger partial charge in [0.15, 0.2) is 18.1 Å². The van der Waals surface area contributed by atoms with Gasteiger partial charge < -0.3 is 14.2 Å². The number of benzene rings is 3. The summed E-state index contributed by atoms with van der Waals surface area (Å²) in [5.74, 6) is 1.52. The maximum atomic E-state index is 12.0. The number of nitrogens with zero attached hydrogens (tertiary/aromatic N) is 1. The third kappa shape index (κ3) is 6.75.